The van der Waals surface area contributed by atoms with Crippen molar-refractivity contribution in [1.82, 2.24) is 14.8 Å². The molecule has 2 aromatic rings. The normalized spacial score (nSPS) is 15.9. The number of allylic oxidation sites excluding steroid dienone is 1. The zero-order valence-electron chi connectivity index (χ0n) is 16.0. The predicted octanol–water partition coefficient (Wildman–Crippen LogP) is 3.64. The summed E-state index contributed by atoms with van der Waals surface area (Å²) in [5.74, 6) is 1.85. The molecule has 1 atom stereocenters. The average molecular weight is 388 g/mol. The summed E-state index contributed by atoms with van der Waals surface area (Å²) in [4.78, 5) is 17.2. The zero-order valence-corrected chi connectivity index (χ0v) is 16.8. The number of aromatic nitrogens is 3. The second-order valence-electron chi connectivity index (χ2n) is 6.04. The molecule has 8 heteroatoms. The van der Waals surface area contributed by atoms with Crippen molar-refractivity contribution in [1.29, 1.82) is 0 Å². The Bertz CT molecular complexity index is 862. The number of ether oxygens (including phenoxy) is 2. The number of anilines is 1. The summed E-state index contributed by atoms with van der Waals surface area (Å²) >= 11 is 1.59. The lowest BCUT2D eigenvalue weighted by Crippen LogP contribution is -2.29. The number of nitrogens with one attached hydrogen (secondary N) is 1. The van der Waals surface area contributed by atoms with Crippen LogP contribution in [0, 0.1) is 0 Å². The monoisotopic (exact) mass is 388 g/mol. The van der Waals surface area contributed by atoms with Crippen LogP contribution in [0.3, 0.4) is 0 Å². The standard InChI is InChI=1S/C19H24N4O3S/c1-5-11-27-19-21-18-20-12(3)15(17(24)25-4)16(23(18)22-19)13-9-7-8-10-14(13)26-6-2/h7-10,16H,5-6,11H2,1-4H3,(H,20,21,22). The largest absolute Gasteiger partial charge is 0.494 e. The van der Waals surface area contributed by atoms with Crippen molar-refractivity contribution in [3.63, 3.8) is 0 Å². The number of esters is 1. The highest BCUT2D eigenvalue weighted by atomic mass is 32.2. The first-order valence-corrected chi connectivity index (χ1v) is 9.96. The highest BCUT2D eigenvalue weighted by Gasteiger charge is 2.36. The van der Waals surface area contributed by atoms with Crippen LogP contribution in [0.4, 0.5) is 5.95 Å². The average Bonchev–Trinajstić information content (AvgIpc) is 3.08. The molecule has 0 saturated heterocycles. The minimum absolute atomic E-state index is 0.403. The van der Waals surface area contributed by atoms with Crippen LogP contribution in [0.15, 0.2) is 40.7 Å². The molecule has 1 N–H and O–H groups in total. The van der Waals surface area contributed by atoms with Crippen LogP contribution in [-0.2, 0) is 9.53 Å². The van der Waals surface area contributed by atoms with Crippen molar-refractivity contribution in [3.8, 4) is 5.75 Å². The van der Waals surface area contributed by atoms with Gasteiger partial charge in [0, 0.05) is 17.0 Å². The first-order chi connectivity index (χ1) is 13.1. The molecule has 1 aliphatic heterocycles. The molecule has 1 unspecified atom stereocenters. The highest BCUT2D eigenvalue weighted by Crippen LogP contribution is 2.40. The molecular weight excluding hydrogens is 364 g/mol. The van der Waals surface area contributed by atoms with Gasteiger partial charge in [0.25, 0.3) is 0 Å². The number of nitrogens with zero attached hydrogens (tertiary/aromatic N) is 3. The van der Waals surface area contributed by atoms with Gasteiger partial charge in [0.05, 0.1) is 19.3 Å². The van der Waals surface area contributed by atoms with Gasteiger partial charge < -0.3 is 14.8 Å². The van der Waals surface area contributed by atoms with E-state index in [4.69, 9.17) is 9.47 Å². The van der Waals surface area contributed by atoms with Gasteiger partial charge in [-0.2, -0.15) is 4.98 Å². The third-order valence-electron chi connectivity index (χ3n) is 4.19. The minimum atomic E-state index is -0.472. The summed E-state index contributed by atoms with van der Waals surface area (Å²) in [6, 6.07) is 7.21. The summed E-state index contributed by atoms with van der Waals surface area (Å²) in [7, 11) is 1.38. The maximum Gasteiger partial charge on any atom is 0.338 e. The van der Waals surface area contributed by atoms with Gasteiger partial charge in [-0.3, -0.25) is 0 Å². The molecule has 144 valence electrons. The molecule has 0 radical (unpaired) electrons. The SMILES string of the molecule is CCCSc1nc2n(n1)C(c1ccccc1OCC)C(C(=O)OC)=C(C)N2. The van der Waals surface area contributed by atoms with Gasteiger partial charge in [0.15, 0.2) is 0 Å². The Balaban J connectivity index is 2.15. The van der Waals surface area contributed by atoms with E-state index < -0.39 is 12.0 Å². The fraction of sp³-hybridized carbons (Fsp3) is 0.421. The minimum Gasteiger partial charge on any atom is -0.494 e. The zero-order chi connectivity index (χ0) is 19.4. The number of methoxy groups -OCH3 is 1. The third-order valence-corrected chi connectivity index (χ3v) is 5.23. The van der Waals surface area contributed by atoms with Crippen molar-refractivity contribution >= 4 is 23.7 Å². The van der Waals surface area contributed by atoms with Crippen LogP contribution >= 0.6 is 11.8 Å². The number of carbonyl (C=O) groups is 1. The van der Waals surface area contributed by atoms with E-state index in [2.05, 4.69) is 22.3 Å². The maximum absolute atomic E-state index is 12.6. The van der Waals surface area contributed by atoms with Crippen LogP contribution in [0.5, 0.6) is 5.75 Å². The molecule has 1 aliphatic rings. The molecule has 3 rings (SSSR count). The van der Waals surface area contributed by atoms with Gasteiger partial charge in [-0.05, 0) is 26.3 Å². The van der Waals surface area contributed by atoms with E-state index in [0.29, 0.717) is 34.7 Å². The molecule has 1 aromatic carbocycles. The van der Waals surface area contributed by atoms with Crippen molar-refractivity contribution in [2.45, 2.75) is 38.4 Å². The maximum atomic E-state index is 12.6. The van der Waals surface area contributed by atoms with Crippen LogP contribution in [0.2, 0.25) is 0 Å². The van der Waals surface area contributed by atoms with E-state index >= 15 is 0 Å². The number of benzene rings is 1. The molecular formula is C19H24N4O3S. The molecule has 0 aliphatic carbocycles. The quantitative estimate of drug-likeness (QED) is 0.573. The number of carbonyl (C=O) groups excluding carboxylic acids is 1. The van der Waals surface area contributed by atoms with Crippen molar-refractivity contribution in [2.24, 2.45) is 0 Å². The smallest absolute Gasteiger partial charge is 0.338 e. The Labute approximate surface area is 163 Å². The molecule has 1 aromatic heterocycles. The Morgan fingerprint density at radius 3 is 2.81 bits per heavy atom. The summed E-state index contributed by atoms with van der Waals surface area (Å²) in [5, 5.41) is 8.52. The number of rotatable bonds is 7. The Hall–Kier alpha value is -2.48. The first-order valence-electron chi connectivity index (χ1n) is 8.97. The number of fused-ring (bicyclic) bond motifs is 1. The molecule has 7 nitrogen and oxygen atoms in total. The van der Waals surface area contributed by atoms with E-state index in [0.717, 1.165) is 17.7 Å². The second kappa shape index (κ2) is 8.47. The fourth-order valence-corrected chi connectivity index (χ4v) is 3.72. The van der Waals surface area contributed by atoms with Crippen LogP contribution in [0.1, 0.15) is 38.8 Å². The molecule has 0 fully saturated rings. The molecule has 27 heavy (non-hydrogen) atoms. The molecule has 0 saturated carbocycles. The fourth-order valence-electron chi connectivity index (χ4n) is 3.04. The molecule has 0 bridgehead atoms. The second-order valence-corrected chi connectivity index (χ2v) is 7.10. The van der Waals surface area contributed by atoms with Crippen LogP contribution in [-0.4, -0.2) is 40.2 Å². The van der Waals surface area contributed by atoms with Gasteiger partial charge in [-0.1, -0.05) is 36.9 Å². The summed E-state index contributed by atoms with van der Waals surface area (Å²) < 4.78 is 12.6. The number of hydrogen-bond acceptors (Lipinski definition) is 7. The highest BCUT2D eigenvalue weighted by molar-refractivity contribution is 7.99. The van der Waals surface area contributed by atoms with Gasteiger partial charge in [-0.25, -0.2) is 9.48 Å². The van der Waals surface area contributed by atoms with E-state index in [-0.39, 0.29) is 0 Å². The topological polar surface area (TPSA) is 78.3 Å². The number of para-hydroxylation sites is 1. The van der Waals surface area contributed by atoms with Gasteiger partial charge in [-0.15, -0.1) is 5.10 Å². The predicted molar refractivity (Wildman–Crippen MR) is 105 cm³/mol. The van der Waals surface area contributed by atoms with Gasteiger partial charge >= 0.3 is 5.97 Å². The summed E-state index contributed by atoms with van der Waals surface area (Å²) in [5.41, 5.74) is 2.04. The lowest BCUT2D eigenvalue weighted by Gasteiger charge is -2.28. The van der Waals surface area contributed by atoms with Crippen molar-refractivity contribution < 1.29 is 14.3 Å². The Kier molecular flexibility index (Phi) is 6.05. The molecule has 0 amide bonds. The third kappa shape index (κ3) is 3.80. The van der Waals surface area contributed by atoms with Crippen LogP contribution < -0.4 is 10.1 Å². The number of hydrogen-bond donors (Lipinski definition) is 1. The van der Waals surface area contributed by atoms with E-state index in [1.54, 1.807) is 16.4 Å². The molecule has 2 heterocycles. The van der Waals surface area contributed by atoms with Crippen LogP contribution in [0.25, 0.3) is 0 Å². The van der Waals surface area contributed by atoms with Crippen molar-refractivity contribution in [3.05, 3.63) is 41.1 Å². The summed E-state index contributed by atoms with van der Waals surface area (Å²) in [6.07, 6.45) is 1.03. The number of thioether (sulfide) groups is 1. The van der Waals surface area contributed by atoms with E-state index in [1.165, 1.54) is 7.11 Å². The Morgan fingerprint density at radius 1 is 1.33 bits per heavy atom. The molecule has 0 spiro atoms. The van der Waals surface area contributed by atoms with Gasteiger partial charge in [0.1, 0.15) is 11.8 Å². The van der Waals surface area contributed by atoms with Crippen molar-refractivity contribution in [2.75, 3.05) is 24.8 Å². The lowest BCUT2D eigenvalue weighted by atomic mass is 9.95. The van der Waals surface area contributed by atoms with E-state index in [9.17, 15) is 4.79 Å². The van der Waals surface area contributed by atoms with E-state index in [1.807, 2.05) is 38.1 Å². The van der Waals surface area contributed by atoms with Gasteiger partial charge in [0.2, 0.25) is 11.1 Å². The Morgan fingerprint density at radius 2 is 2.11 bits per heavy atom. The summed E-state index contributed by atoms with van der Waals surface area (Å²) in [6.45, 7) is 6.42. The lowest BCUT2D eigenvalue weighted by molar-refractivity contribution is -0.136. The first kappa shape index (κ1) is 19.3.